The lowest BCUT2D eigenvalue weighted by molar-refractivity contribution is -0.385. The molecule has 1 heterocycles. The topological polar surface area (TPSA) is 154 Å². The lowest BCUT2D eigenvalue weighted by atomic mass is 10.2. The van der Waals surface area contributed by atoms with Crippen molar-refractivity contribution in [1.29, 1.82) is 0 Å². The van der Waals surface area contributed by atoms with Crippen LogP contribution in [0.15, 0.2) is 12.3 Å². The average molecular weight is 342 g/mol. The highest BCUT2D eigenvalue weighted by molar-refractivity contribution is 7.86. The van der Waals surface area contributed by atoms with Gasteiger partial charge >= 0.3 is 0 Å². The smallest absolute Gasteiger partial charge is 0.275 e. The van der Waals surface area contributed by atoms with E-state index in [0.29, 0.717) is 11.8 Å². The molecule has 0 bridgehead atoms. The Morgan fingerprint density at radius 3 is 2.19 bits per heavy atom. The van der Waals surface area contributed by atoms with Crippen molar-refractivity contribution in [3.05, 3.63) is 33.6 Å². The Morgan fingerprint density at radius 1 is 1.33 bits per heavy atom. The van der Waals surface area contributed by atoms with Gasteiger partial charge in [0.2, 0.25) is 0 Å². The van der Waals surface area contributed by atoms with Crippen molar-refractivity contribution in [1.82, 2.24) is 4.98 Å². The monoisotopic (exact) mass is 342 g/mol. The molecule has 1 aromatic heterocycles. The van der Waals surface area contributed by atoms with Crippen LogP contribution in [0.25, 0.3) is 0 Å². The van der Waals surface area contributed by atoms with Crippen molar-refractivity contribution in [2.24, 2.45) is 0 Å². The highest BCUT2D eigenvalue weighted by atomic mass is 32.2. The SMILES string of the molecule is CS(=O)(=O)O.Cc1c([N+](=O)[O-])ccnc1COS(C)(=O)=O. The zero-order valence-corrected chi connectivity index (χ0v) is 13.0. The molecule has 1 N–H and O–H groups in total. The van der Waals surface area contributed by atoms with Crippen molar-refractivity contribution >= 4 is 25.9 Å². The standard InChI is InChI=1S/C8H10N2O5S.CH4O3S/c1-6-7(5-15-16(2,13)14)9-4-3-8(6)10(11)12;1-5(2,3)4/h3-4H,5H2,1-2H3;1H3,(H,2,3,4). The minimum atomic E-state index is -3.67. The van der Waals surface area contributed by atoms with Gasteiger partial charge in [0.25, 0.3) is 25.9 Å². The zero-order chi connectivity index (χ0) is 16.8. The van der Waals surface area contributed by atoms with Crippen LogP contribution in [0.2, 0.25) is 0 Å². The summed E-state index contributed by atoms with van der Waals surface area (Å²) >= 11 is 0. The first-order chi connectivity index (χ1) is 9.31. The Bertz CT molecular complexity index is 703. The van der Waals surface area contributed by atoms with Gasteiger partial charge in [0, 0.05) is 12.3 Å². The quantitative estimate of drug-likeness (QED) is 0.351. The molecule has 21 heavy (non-hydrogen) atoms. The molecule has 0 aliphatic rings. The lowest BCUT2D eigenvalue weighted by Gasteiger charge is -2.04. The van der Waals surface area contributed by atoms with Crippen molar-refractivity contribution in [3.8, 4) is 0 Å². The third kappa shape index (κ3) is 9.84. The Kier molecular flexibility index (Phi) is 6.82. The molecule has 0 aliphatic heterocycles. The second kappa shape index (κ2) is 7.40. The number of nitro groups is 1. The Morgan fingerprint density at radius 2 is 1.81 bits per heavy atom. The van der Waals surface area contributed by atoms with Gasteiger partial charge in [-0.15, -0.1) is 0 Å². The van der Waals surface area contributed by atoms with Gasteiger partial charge in [-0.05, 0) is 6.92 Å². The van der Waals surface area contributed by atoms with Gasteiger partial charge in [-0.1, -0.05) is 0 Å². The number of aromatic nitrogens is 1. The van der Waals surface area contributed by atoms with Crippen LogP contribution < -0.4 is 0 Å². The van der Waals surface area contributed by atoms with Crippen LogP contribution in [0.4, 0.5) is 5.69 Å². The highest BCUT2D eigenvalue weighted by Crippen LogP contribution is 2.19. The minimum Gasteiger partial charge on any atom is -0.286 e. The van der Waals surface area contributed by atoms with E-state index < -0.39 is 25.2 Å². The van der Waals surface area contributed by atoms with E-state index in [1.54, 1.807) is 0 Å². The van der Waals surface area contributed by atoms with Crippen molar-refractivity contribution in [3.63, 3.8) is 0 Å². The van der Waals surface area contributed by atoms with Gasteiger partial charge in [0.1, 0.15) is 6.61 Å². The fourth-order valence-electron chi connectivity index (χ4n) is 1.07. The minimum absolute atomic E-state index is 0.109. The van der Waals surface area contributed by atoms with Crippen molar-refractivity contribution in [2.45, 2.75) is 13.5 Å². The van der Waals surface area contributed by atoms with Crippen LogP contribution in [0.3, 0.4) is 0 Å². The van der Waals surface area contributed by atoms with Crippen molar-refractivity contribution < 1.29 is 30.5 Å². The van der Waals surface area contributed by atoms with Crippen LogP contribution in [0, 0.1) is 17.0 Å². The van der Waals surface area contributed by atoms with Gasteiger partial charge in [-0.2, -0.15) is 16.8 Å². The summed E-state index contributed by atoms with van der Waals surface area (Å²) in [6.45, 7) is 1.19. The Labute approximate surface area is 121 Å². The zero-order valence-electron chi connectivity index (χ0n) is 11.4. The summed E-state index contributed by atoms with van der Waals surface area (Å²) < 4.78 is 51.9. The molecule has 0 radical (unpaired) electrons. The molecular weight excluding hydrogens is 328 g/mol. The van der Waals surface area contributed by atoms with Gasteiger partial charge in [-0.3, -0.25) is 23.8 Å². The van der Waals surface area contributed by atoms with E-state index in [1.807, 2.05) is 0 Å². The van der Waals surface area contributed by atoms with Gasteiger partial charge in [0.15, 0.2) is 0 Å². The summed E-state index contributed by atoms with van der Waals surface area (Å²) in [7, 11) is -7.25. The molecule has 0 aromatic carbocycles. The summed E-state index contributed by atoms with van der Waals surface area (Å²) in [6.07, 6.45) is 2.86. The third-order valence-electron chi connectivity index (χ3n) is 1.89. The number of rotatable bonds is 4. The van der Waals surface area contributed by atoms with E-state index in [4.69, 9.17) is 4.55 Å². The molecule has 0 saturated carbocycles. The normalized spacial score (nSPS) is 11.4. The molecule has 1 aromatic rings. The molecule has 12 heteroatoms. The molecule has 10 nitrogen and oxygen atoms in total. The van der Waals surface area contributed by atoms with Crippen LogP contribution in [0.5, 0.6) is 0 Å². The molecule has 0 saturated heterocycles. The maximum atomic E-state index is 10.8. The third-order valence-corrected chi connectivity index (χ3v) is 2.43. The second-order valence-electron chi connectivity index (χ2n) is 3.86. The van der Waals surface area contributed by atoms with Crippen LogP contribution in [-0.4, -0.2) is 43.8 Å². The van der Waals surface area contributed by atoms with E-state index in [9.17, 15) is 26.9 Å². The Balaban J connectivity index is 0.000000690. The predicted octanol–water partition coefficient (Wildman–Crippen LogP) is 0.278. The summed E-state index contributed by atoms with van der Waals surface area (Å²) in [6, 6.07) is 1.25. The number of hydrogen-bond donors (Lipinski definition) is 1. The Hall–Kier alpha value is -1.63. The van der Waals surface area contributed by atoms with Crippen LogP contribution >= 0.6 is 0 Å². The van der Waals surface area contributed by atoms with E-state index in [2.05, 4.69) is 9.17 Å². The first kappa shape index (κ1) is 19.4. The van der Waals surface area contributed by atoms with Crippen LogP contribution in [0.1, 0.15) is 11.3 Å². The number of hydrogen-bond acceptors (Lipinski definition) is 8. The largest absolute Gasteiger partial charge is 0.286 e. The first-order valence-corrected chi connectivity index (χ1v) is 8.83. The number of pyridine rings is 1. The molecule has 0 spiro atoms. The highest BCUT2D eigenvalue weighted by Gasteiger charge is 2.15. The van der Waals surface area contributed by atoms with Gasteiger partial charge in [0.05, 0.1) is 28.7 Å². The molecule has 0 fully saturated rings. The summed E-state index contributed by atoms with van der Waals surface area (Å²) in [5.74, 6) is 0. The summed E-state index contributed by atoms with van der Waals surface area (Å²) in [4.78, 5) is 13.9. The first-order valence-electron chi connectivity index (χ1n) is 5.17. The van der Waals surface area contributed by atoms with E-state index in [-0.39, 0.29) is 18.0 Å². The van der Waals surface area contributed by atoms with Crippen molar-refractivity contribution in [2.75, 3.05) is 12.5 Å². The molecule has 0 amide bonds. The molecule has 0 atom stereocenters. The maximum Gasteiger partial charge on any atom is 0.275 e. The molecule has 0 aliphatic carbocycles. The molecule has 1 rings (SSSR count). The van der Waals surface area contributed by atoms with Gasteiger partial charge < -0.3 is 0 Å². The molecule has 0 unspecified atom stereocenters. The summed E-state index contributed by atoms with van der Waals surface area (Å²) in [5, 5.41) is 10.6. The van der Waals surface area contributed by atoms with Crippen LogP contribution in [-0.2, 0) is 31.0 Å². The van der Waals surface area contributed by atoms with Gasteiger partial charge in [-0.25, -0.2) is 0 Å². The maximum absolute atomic E-state index is 10.8. The molecule has 120 valence electrons. The second-order valence-corrected chi connectivity index (χ2v) is 6.97. The van der Waals surface area contributed by atoms with E-state index in [1.165, 1.54) is 19.2 Å². The molecular formula is C9H14N2O8S2. The predicted molar refractivity (Wildman–Crippen MR) is 72.7 cm³/mol. The lowest BCUT2D eigenvalue weighted by Crippen LogP contribution is -2.06. The average Bonchev–Trinajstić information content (AvgIpc) is 2.23. The summed E-state index contributed by atoms with van der Waals surface area (Å²) in [5.41, 5.74) is 0.429. The number of nitrogens with zero attached hydrogens (tertiary/aromatic N) is 2. The van der Waals surface area contributed by atoms with E-state index >= 15 is 0 Å². The fourth-order valence-corrected chi connectivity index (χ4v) is 1.40. The van der Waals surface area contributed by atoms with E-state index in [0.717, 1.165) is 6.26 Å². The fraction of sp³-hybridized carbons (Fsp3) is 0.444.